The van der Waals surface area contributed by atoms with E-state index in [2.05, 4.69) is 9.38 Å². The van der Waals surface area contributed by atoms with E-state index in [4.69, 9.17) is 16.0 Å². The van der Waals surface area contributed by atoms with Gasteiger partial charge in [0.1, 0.15) is 11.0 Å². The lowest BCUT2D eigenvalue weighted by Gasteiger charge is -2.12. The molecule has 1 heterocycles. The molecule has 2 rings (SSSR count). The molecule has 0 spiro atoms. The molecule has 1 atom stereocenters. The number of hydrogen-bond donors (Lipinski definition) is 0. The molecule has 0 saturated carbocycles. The van der Waals surface area contributed by atoms with E-state index >= 15 is 0 Å². The fourth-order valence-electron chi connectivity index (χ4n) is 1.33. The van der Waals surface area contributed by atoms with Crippen LogP contribution in [-0.2, 0) is 11.0 Å². The van der Waals surface area contributed by atoms with Gasteiger partial charge in [0.15, 0.2) is 5.76 Å². The summed E-state index contributed by atoms with van der Waals surface area (Å²) in [5.41, 5.74) is 0.825. The zero-order valence-electron chi connectivity index (χ0n) is 11.5. The zero-order chi connectivity index (χ0) is 14.8. The Bertz CT molecular complexity index is 642. The fraction of sp³-hybridized carbons (Fsp3) is 0.286. The summed E-state index contributed by atoms with van der Waals surface area (Å²) in [4.78, 5) is 4.16. The second-order valence-corrected chi connectivity index (χ2v) is 7.54. The standard InChI is InChI=1S/C14H15ClN2O2S/c1-14(2,3)20(18)17-9-12-8-16-13(19-12)10-4-6-11(15)7-5-10/h4-9H,1-3H3. The van der Waals surface area contributed by atoms with E-state index in [1.807, 2.05) is 32.9 Å². The van der Waals surface area contributed by atoms with Crippen LogP contribution in [0.25, 0.3) is 11.5 Å². The lowest BCUT2D eigenvalue weighted by molar-refractivity contribution is 0.568. The van der Waals surface area contributed by atoms with Crippen molar-refractivity contribution in [2.45, 2.75) is 25.5 Å². The molecule has 20 heavy (non-hydrogen) atoms. The molecule has 0 bridgehead atoms. The summed E-state index contributed by atoms with van der Waals surface area (Å²) in [6, 6.07) is 7.18. The maximum atomic E-state index is 11.8. The summed E-state index contributed by atoms with van der Waals surface area (Å²) in [5, 5.41) is 0.655. The Morgan fingerprint density at radius 3 is 2.55 bits per heavy atom. The molecule has 0 amide bonds. The molecule has 1 aromatic carbocycles. The lowest BCUT2D eigenvalue weighted by Crippen LogP contribution is -2.19. The Labute approximate surface area is 125 Å². The van der Waals surface area contributed by atoms with Gasteiger partial charge < -0.3 is 4.42 Å². The van der Waals surface area contributed by atoms with Gasteiger partial charge in [-0.15, -0.1) is 0 Å². The van der Waals surface area contributed by atoms with E-state index in [0.29, 0.717) is 16.7 Å². The molecule has 1 unspecified atom stereocenters. The van der Waals surface area contributed by atoms with Crippen molar-refractivity contribution >= 4 is 28.8 Å². The van der Waals surface area contributed by atoms with E-state index in [0.717, 1.165) is 5.56 Å². The second kappa shape index (κ2) is 5.89. The third-order valence-electron chi connectivity index (χ3n) is 2.41. The molecule has 106 valence electrons. The van der Waals surface area contributed by atoms with Gasteiger partial charge in [-0.3, -0.25) is 0 Å². The number of benzene rings is 1. The minimum absolute atomic E-state index is 0.393. The largest absolute Gasteiger partial charge is 0.435 e. The van der Waals surface area contributed by atoms with Gasteiger partial charge in [0.2, 0.25) is 5.89 Å². The molecular formula is C14H15ClN2O2S. The van der Waals surface area contributed by atoms with E-state index in [9.17, 15) is 4.21 Å². The summed E-state index contributed by atoms with van der Waals surface area (Å²) < 4.78 is 20.9. The monoisotopic (exact) mass is 310 g/mol. The third kappa shape index (κ3) is 3.77. The van der Waals surface area contributed by atoms with Crippen molar-refractivity contribution in [1.29, 1.82) is 0 Å². The number of oxazole rings is 1. The van der Waals surface area contributed by atoms with Crippen molar-refractivity contribution in [3.63, 3.8) is 0 Å². The van der Waals surface area contributed by atoms with Crippen LogP contribution in [0.2, 0.25) is 5.02 Å². The van der Waals surface area contributed by atoms with E-state index in [-0.39, 0.29) is 0 Å². The minimum atomic E-state index is -1.31. The van der Waals surface area contributed by atoms with Crippen molar-refractivity contribution in [2.24, 2.45) is 4.40 Å². The Balaban J connectivity index is 2.15. The predicted octanol–water partition coefficient (Wildman–Crippen LogP) is 3.88. The number of aromatic nitrogens is 1. The number of nitrogens with zero attached hydrogens (tertiary/aromatic N) is 2. The summed E-state index contributed by atoms with van der Waals surface area (Å²) >= 11 is 5.83. The fourth-order valence-corrected chi connectivity index (χ4v) is 1.97. The summed E-state index contributed by atoms with van der Waals surface area (Å²) in [6.45, 7) is 5.58. The molecule has 1 aromatic heterocycles. The first-order valence-electron chi connectivity index (χ1n) is 6.04. The van der Waals surface area contributed by atoms with Crippen LogP contribution >= 0.6 is 11.6 Å². The second-order valence-electron chi connectivity index (χ2n) is 5.17. The van der Waals surface area contributed by atoms with Crippen LogP contribution in [0.4, 0.5) is 0 Å². The molecule has 0 saturated heterocycles. The summed E-state index contributed by atoms with van der Waals surface area (Å²) in [6.07, 6.45) is 2.99. The highest BCUT2D eigenvalue weighted by Gasteiger charge is 2.18. The highest BCUT2D eigenvalue weighted by atomic mass is 35.5. The maximum Gasteiger partial charge on any atom is 0.226 e. The normalized spacial score (nSPS) is 13.8. The first kappa shape index (κ1) is 14.9. The lowest BCUT2D eigenvalue weighted by atomic mass is 10.2. The molecule has 2 aromatic rings. The number of rotatable bonds is 3. The average Bonchev–Trinajstić information content (AvgIpc) is 2.84. The summed E-state index contributed by atoms with van der Waals surface area (Å²) in [7, 11) is -1.31. The third-order valence-corrected chi connectivity index (χ3v) is 4.01. The zero-order valence-corrected chi connectivity index (χ0v) is 13.0. The van der Waals surface area contributed by atoms with Crippen molar-refractivity contribution < 1.29 is 8.63 Å². The van der Waals surface area contributed by atoms with E-state index < -0.39 is 15.7 Å². The molecule has 0 N–H and O–H groups in total. The van der Waals surface area contributed by atoms with Crippen LogP contribution in [0.15, 0.2) is 39.3 Å². The first-order valence-corrected chi connectivity index (χ1v) is 7.52. The first-order chi connectivity index (χ1) is 9.36. The predicted molar refractivity (Wildman–Crippen MR) is 82.4 cm³/mol. The van der Waals surface area contributed by atoms with Crippen LogP contribution in [0.5, 0.6) is 0 Å². The molecule has 0 fully saturated rings. The SMILES string of the molecule is CC(C)(C)S(=O)N=Cc1cnc(-c2ccc(Cl)cc2)o1. The van der Waals surface area contributed by atoms with Gasteiger partial charge in [-0.1, -0.05) is 11.6 Å². The Kier molecular flexibility index (Phi) is 4.40. The Morgan fingerprint density at radius 2 is 1.95 bits per heavy atom. The quantitative estimate of drug-likeness (QED) is 0.808. The van der Waals surface area contributed by atoms with Gasteiger partial charge in [-0.2, -0.15) is 4.40 Å². The van der Waals surface area contributed by atoms with Crippen LogP contribution in [-0.4, -0.2) is 20.2 Å². The highest BCUT2D eigenvalue weighted by Crippen LogP contribution is 2.21. The number of hydrogen-bond acceptors (Lipinski definition) is 3. The molecule has 4 nitrogen and oxygen atoms in total. The van der Waals surface area contributed by atoms with Crippen molar-refractivity contribution in [1.82, 2.24) is 4.98 Å². The van der Waals surface area contributed by atoms with Crippen molar-refractivity contribution in [3.8, 4) is 11.5 Å². The summed E-state index contributed by atoms with van der Waals surface area (Å²) in [5.74, 6) is 0.942. The van der Waals surface area contributed by atoms with Crippen molar-refractivity contribution in [2.75, 3.05) is 0 Å². The maximum absolute atomic E-state index is 11.8. The van der Waals surface area contributed by atoms with Gasteiger partial charge in [-0.05, 0) is 45.0 Å². The van der Waals surface area contributed by atoms with Gasteiger partial charge in [0, 0.05) is 10.6 Å². The molecular weight excluding hydrogens is 296 g/mol. The molecule has 0 aliphatic rings. The van der Waals surface area contributed by atoms with Gasteiger partial charge in [0.25, 0.3) is 0 Å². The van der Waals surface area contributed by atoms with Crippen LogP contribution in [0.3, 0.4) is 0 Å². The smallest absolute Gasteiger partial charge is 0.226 e. The molecule has 6 heteroatoms. The highest BCUT2D eigenvalue weighted by molar-refractivity contribution is 7.85. The van der Waals surface area contributed by atoms with Crippen LogP contribution in [0.1, 0.15) is 26.5 Å². The molecule has 0 aliphatic carbocycles. The topological polar surface area (TPSA) is 55.5 Å². The Morgan fingerprint density at radius 1 is 1.30 bits per heavy atom. The van der Waals surface area contributed by atoms with Crippen molar-refractivity contribution in [3.05, 3.63) is 41.2 Å². The Hall–Kier alpha value is -1.46. The van der Waals surface area contributed by atoms with Crippen LogP contribution < -0.4 is 0 Å². The van der Waals surface area contributed by atoms with E-state index in [1.165, 1.54) is 6.21 Å². The van der Waals surface area contributed by atoms with Crippen LogP contribution in [0, 0.1) is 0 Å². The molecule has 0 aliphatic heterocycles. The molecule has 0 radical (unpaired) electrons. The minimum Gasteiger partial charge on any atom is -0.435 e. The number of halogens is 1. The van der Waals surface area contributed by atoms with Gasteiger partial charge >= 0.3 is 0 Å². The average molecular weight is 311 g/mol. The van der Waals surface area contributed by atoms with E-state index in [1.54, 1.807) is 18.3 Å². The van der Waals surface area contributed by atoms with Gasteiger partial charge in [0.05, 0.1) is 17.2 Å². The van der Waals surface area contributed by atoms with Gasteiger partial charge in [-0.25, -0.2) is 9.19 Å².